The molecular weight excluding hydrogens is 164 g/mol. The highest BCUT2D eigenvalue weighted by Gasteiger charge is 1.89. The average molecular weight is 178 g/mol. The van der Waals surface area contributed by atoms with Crippen molar-refractivity contribution in [1.82, 2.24) is 0 Å². The van der Waals surface area contributed by atoms with Crippen LogP contribution in [0.4, 0.5) is 0 Å². The molecular formula is C11H14O2. The van der Waals surface area contributed by atoms with Crippen LogP contribution in [0.25, 0.3) is 6.08 Å². The van der Waals surface area contributed by atoms with Gasteiger partial charge in [0.05, 0.1) is 20.0 Å². The SMILES string of the molecule is CCOC=Cc1ccc(OC)cc1. The van der Waals surface area contributed by atoms with E-state index in [1.54, 1.807) is 13.4 Å². The number of ether oxygens (including phenoxy) is 2. The van der Waals surface area contributed by atoms with Gasteiger partial charge in [-0.25, -0.2) is 0 Å². The predicted molar refractivity (Wildman–Crippen MR) is 53.7 cm³/mol. The molecule has 0 aromatic heterocycles. The van der Waals surface area contributed by atoms with Crippen molar-refractivity contribution < 1.29 is 9.47 Å². The summed E-state index contributed by atoms with van der Waals surface area (Å²) in [6.07, 6.45) is 3.62. The quantitative estimate of drug-likeness (QED) is 0.660. The van der Waals surface area contributed by atoms with Crippen molar-refractivity contribution in [2.24, 2.45) is 0 Å². The molecule has 2 nitrogen and oxygen atoms in total. The Balaban J connectivity index is 2.58. The van der Waals surface area contributed by atoms with Crippen LogP contribution >= 0.6 is 0 Å². The molecule has 0 amide bonds. The largest absolute Gasteiger partial charge is 0.501 e. The normalized spacial score (nSPS) is 10.3. The molecule has 0 saturated carbocycles. The van der Waals surface area contributed by atoms with E-state index in [0.29, 0.717) is 6.61 Å². The van der Waals surface area contributed by atoms with E-state index in [4.69, 9.17) is 9.47 Å². The lowest BCUT2D eigenvalue weighted by Crippen LogP contribution is -1.81. The number of methoxy groups -OCH3 is 1. The summed E-state index contributed by atoms with van der Waals surface area (Å²) < 4.78 is 10.1. The summed E-state index contributed by atoms with van der Waals surface area (Å²) in [6, 6.07) is 7.81. The summed E-state index contributed by atoms with van der Waals surface area (Å²) in [6.45, 7) is 2.66. The molecule has 0 aliphatic rings. The minimum Gasteiger partial charge on any atom is -0.501 e. The van der Waals surface area contributed by atoms with Crippen molar-refractivity contribution >= 4 is 6.08 Å². The third kappa shape index (κ3) is 3.20. The van der Waals surface area contributed by atoms with Crippen LogP contribution in [0.2, 0.25) is 0 Å². The van der Waals surface area contributed by atoms with E-state index in [1.165, 1.54) is 0 Å². The molecule has 0 unspecified atom stereocenters. The zero-order valence-electron chi connectivity index (χ0n) is 7.99. The smallest absolute Gasteiger partial charge is 0.118 e. The molecule has 70 valence electrons. The number of benzene rings is 1. The van der Waals surface area contributed by atoms with Crippen molar-refractivity contribution in [3.8, 4) is 5.75 Å². The van der Waals surface area contributed by atoms with Crippen LogP contribution in [0.15, 0.2) is 30.5 Å². The van der Waals surface area contributed by atoms with Crippen LogP contribution in [0.5, 0.6) is 5.75 Å². The Bertz CT molecular complexity index is 262. The van der Waals surface area contributed by atoms with Crippen molar-refractivity contribution in [2.75, 3.05) is 13.7 Å². The highest BCUT2D eigenvalue weighted by molar-refractivity contribution is 5.49. The number of hydrogen-bond acceptors (Lipinski definition) is 2. The summed E-state index contributed by atoms with van der Waals surface area (Å²) in [4.78, 5) is 0. The van der Waals surface area contributed by atoms with E-state index >= 15 is 0 Å². The van der Waals surface area contributed by atoms with E-state index < -0.39 is 0 Å². The summed E-state index contributed by atoms with van der Waals surface area (Å²) >= 11 is 0. The average Bonchev–Trinajstić information content (AvgIpc) is 2.19. The number of hydrogen-bond donors (Lipinski definition) is 0. The summed E-state index contributed by atoms with van der Waals surface area (Å²) in [5.41, 5.74) is 1.11. The summed E-state index contributed by atoms with van der Waals surface area (Å²) in [5.74, 6) is 0.869. The molecule has 0 aliphatic heterocycles. The molecule has 0 atom stereocenters. The van der Waals surface area contributed by atoms with Crippen molar-refractivity contribution in [3.05, 3.63) is 36.1 Å². The third-order valence-corrected chi connectivity index (χ3v) is 1.64. The van der Waals surface area contributed by atoms with Gasteiger partial charge in [-0.2, -0.15) is 0 Å². The van der Waals surface area contributed by atoms with Gasteiger partial charge in [-0.15, -0.1) is 0 Å². The van der Waals surface area contributed by atoms with Gasteiger partial charge in [-0.3, -0.25) is 0 Å². The van der Waals surface area contributed by atoms with Crippen LogP contribution in [-0.4, -0.2) is 13.7 Å². The molecule has 0 saturated heterocycles. The van der Waals surface area contributed by atoms with E-state index in [0.717, 1.165) is 11.3 Å². The summed E-state index contributed by atoms with van der Waals surface area (Å²) in [7, 11) is 1.66. The first-order valence-electron chi connectivity index (χ1n) is 4.29. The highest BCUT2D eigenvalue weighted by atomic mass is 16.5. The van der Waals surface area contributed by atoms with Gasteiger partial charge < -0.3 is 9.47 Å². The lowest BCUT2D eigenvalue weighted by Gasteiger charge is -1.99. The van der Waals surface area contributed by atoms with Crippen LogP contribution in [0, 0.1) is 0 Å². The molecule has 0 bridgehead atoms. The molecule has 0 fully saturated rings. The van der Waals surface area contributed by atoms with Crippen LogP contribution in [0.1, 0.15) is 12.5 Å². The van der Waals surface area contributed by atoms with Crippen LogP contribution in [0.3, 0.4) is 0 Å². The fraction of sp³-hybridized carbons (Fsp3) is 0.273. The second kappa shape index (κ2) is 5.25. The highest BCUT2D eigenvalue weighted by Crippen LogP contribution is 2.12. The molecule has 0 radical (unpaired) electrons. The molecule has 0 heterocycles. The molecule has 2 heteroatoms. The van der Waals surface area contributed by atoms with Crippen molar-refractivity contribution in [2.45, 2.75) is 6.92 Å². The van der Waals surface area contributed by atoms with Gasteiger partial charge in [-0.05, 0) is 30.7 Å². The van der Waals surface area contributed by atoms with Crippen LogP contribution < -0.4 is 4.74 Å². The number of rotatable bonds is 4. The van der Waals surface area contributed by atoms with E-state index in [2.05, 4.69) is 0 Å². The van der Waals surface area contributed by atoms with Gasteiger partial charge in [0.25, 0.3) is 0 Å². The minimum atomic E-state index is 0.701. The zero-order valence-corrected chi connectivity index (χ0v) is 7.99. The first-order valence-corrected chi connectivity index (χ1v) is 4.29. The molecule has 0 N–H and O–H groups in total. The second-order valence-electron chi connectivity index (χ2n) is 2.53. The lowest BCUT2D eigenvalue weighted by atomic mass is 10.2. The van der Waals surface area contributed by atoms with Crippen molar-refractivity contribution in [1.29, 1.82) is 0 Å². The van der Waals surface area contributed by atoms with E-state index in [9.17, 15) is 0 Å². The van der Waals surface area contributed by atoms with Gasteiger partial charge in [0, 0.05) is 0 Å². The maximum atomic E-state index is 5.08. The Kier molecular flexibility index (Phi) is 3.89. The van der Waals surface area contributed by atoms with Gasteiger partial charge in [0.1, 0.15) is 5.75 Å². The molecule has 1 aromatic carbocycles. The maximum absolute atomic E-state index is 5.08. The topological polar surface area (TPSA) is 18.5 Å². The standard InChI is InChI=1S/C11H14O2/c1-3-13-9-8-10-4-6-11(12-2)7-5-10/h4-9H,3H2,1-2H3. The van der Waals surface area contributed by atoms with E-state index in [-0.39, 0.29) is 0 Å². The molecule has 0 spiro atoms. The Morgan fingerprint density at radius 1 is 1.23 bits per heavy atom. The lowest BCUT2D eigenvalue weighted by molar-refractivity contribution is 0.272. The van der Waals surface area contributed by atoms with Crippen LogP contribution in [-0.2, 0) is 4.74 Å². The first kappa shape index (κ1) is 9.65. The Morgan fingerprint density at radius 2 is 1.92 bits per heavy atom. The first-order chi connectivity index (χ1) is 6.36. The second-order valence-corrected chi connectivity index (χ2v) is 2.53. The van der Waals surface area contributed by atoms with Gasteiger partial charge in [0.15, 0.2) is 0 Å². The van der Waals surface area contributed by atoms with Crippen molar-refractivity contribution in [3.63, 3.8) is 0 Å². The monoisotopic (exact) mass is 178 g/mol. The Hall–Kier alpha value is -1.44. The van der Waals surface area contributed by atoms with E-state index in [1.807, 2.05) is 37.3 Å². The fourth-order valence-electron chi connectivity index (χ4n) is 0.938. The molecule has 0 aliphatic carbocycles. The van der Waals surface area contributed by atoms with Gasteiger partial charge in [-0.1, -0.05) is 12.1 Å². The maximum Gasteiger partial charge on any atom is 0.118 e. The molecule has 1 aromatic rings. The minimum absolute atomic E-state index is 0.701. The van der Waals surface area contributed by atoms with Gasteiger partial charge in [0.2, 0.25) is 0 Å². The summed E-state index contributed by atoms with van der Waals surface area (Å²) in [5, 5.41) is 0. The Morgan fingerprint density at radius 3 is 2.46 bits per heavy atom. The van der Waals surface area contributed by atoms with Gasteiger partial charge >= 0.3 is 0 Å². The molecule has 13 heavy (non-hydrogen) atoms. The molecule has 1 rings (SSSR count). The predicted octanol–water partition coefficient (Wildman–Crippen LogP) is 2.70. The fourth-order valence-corrected chi connectivity index (χ4v) is 0.938. The Labute approximate surface area is 78.8 Å². The zero-order chi connectivity index (χ0) is 9.52. The third-order valence-electron chi connectivity index (χ3n) is 1.64.